The zero-order chi connectivity index (χ0) is 17.6. The minimum Gasteiger partial charge on any atom is -0.391 e. The van der Waals surface area contributed by atoms with Crippen LogP contribution in [0.1, 0.15) is 11.1 Å². The van der Waals surface area contributed by atoms with Crippen LogP contribution < -0.4 is 5.32 Å². The van der Waals surface area contributed by atoms with Gasteiger partial charge in [-0.3, -0.25) is 4.90 Å². The Hall–Kier alpha value is -1.67. The Bertz CT molecular complexity index is 686. The highest BCUT2D eigenvalue weighted by Crippen LogP contribution is 2.22. The highest BCUT2D eigenvalue weighted by Gasteiger charge is 2.13. The molecule has 2 heterocycles. The number of aliphatic hydroxyl groups is 1. The molecule has 0 radical (unpaired) electrons. The number of piperazine rings is 1. The van der Waals surface area contributed by atoms with Gasteiger partial charge in [-0.05, 0) is 31.0 Å². The van der Waals surface area contributed by atoms with Crippen molar-refractivity contribution >= 4 is 23.3 Å². The maximum absolute atomic E-state index is 9.47. The van der Waals surface area contributed by atoms with Crippen molar-refractivity contribution in [3.05, 3.63) is 41.6 Å². The molecule has 1 aromatic heterocycles. The molecule has 7 heteroatoms. The van der Waals surface area contributed by atoms with Crippen molar-refractivity contribution < 1.29 is 5.11 Å². The summed E-state index contributed by atoms with van der Waals surface area (Å²) in [6, 6.07) is 8.42. The van der Waals surface area contributed by atoms with Crippen molar-refractivity contribution in [2.45, 2.75) is 18.3 Å². The van der Waals surface area contributed by atoms with Gasteiger partial charge < -0.3 is 15.3 Å². The first-order valence-corrected chi connectivity index (χ1v) is 9.68. The molecule has 0 aliphatic carbocycles. The van der Waals surface area contributed by atoms with Crippen molar-refractivity contribution in [3.8, 4) is 0 Å². The summed E-state index contributed by atoms with van der Waals surface area (Å²) in [6.07, 6.45) is 3.60. The van der Waals surface area contributed by atoms with Crippen molar-refractivity contribution in [3.63, 3.8) is 0 Å². The van der Waals surface area contributed by atoms with Gasteiger partial charge in [0, 0.05) is 50.2 Å². The summed E-state index contributed by atoms with van der Waals surface area (Å²) >= 11 is 1.48. The molecule has 25 heavy (non-hydrogen) atoms. The van der Waals surface area contributed by atoms with Gasteiger partial charge in [0.15, 0.2) is 5.16 Å². The Labute approximate surface area is 153 Å². The van der Waals surface area contributed by atoms with Crippen LogP contribution in [0.5, 0.6) is 0 Å². The topological polar surface area (TPSA) is 64.5 Å². The molecule has 0 bridgehead atoms. The predicted molar refractivity (Wildman–Crippen MR) is 102 cm³/mol. The summed E-state index contributed by atoms with van der Waals surface area (Å²) in [4.78, 5) is 13.5. The number of hydrogen-bond acceptors (Lipinski definition) is 7. The zero-order valence-electron chi connectivity index (χ0n) is 14.8. The van der Waals surface area contributed by atoms with Gasteiger partial charge in [-0.2, -0.15) is 0 Å². The molecule has 1 fully saturated rings. The minimum absolute atomic E-state index is 0.0848. The first-order chi connectivity index (χ1) is 12.2. The summed E-state index contributed by atoms with van der Waals surface area (Å²) in [5.74, 6) is 0.661. The summed E-state index contributed by atoms with van der Waals surface area (Å²) in [7, 11) is 2.17. The number of rotatable bonds is 6. The molecular formula is C18H25N5OS. The number of benzene rings is 1. The van der Waals surface area contributed by atoms with Gasteiger partial charge in [-0.25, -0.2) is 9.97 Å². The Morgan fingerprint density at radius 2 is 1.88 bits per heavy atom. The standard InChI is InChI=1S/C18H25N5OS/c1-22-7-9-23(10-8-22)12-14-3-5-16(6-4-14)20-17-15(13-24)11-19-18(21-17)25-2/h3-6,11,24H,7-10,12-13H2,1-2H3,(H,19,20,21). The molecule has 1 aliphatic heterocycles. The second-order valence-corrected chi connectivity index (χ2v) is 7.06. The molecule has 1 saturated heterocycles. The van der Waals surface area contributed by atoms with Crippen LogP contribution in [0.2, 0.25) is 0 Å². The monoisotopic (exact) mass is 359 g/mol. The third-order valence-corrected chi connectivity index (χ3v) is 4.98. The van der Waals surface area contributed by atoms with Gasteiger partial charge in [-0.15, -0.1) is 0 Å². The van der Waals surface area contributed by atoms with Crippen LogP contribution >= 0.6 is 11.8 Å². The van der Waals surface area contributed by atoms with Crippen molar-refractivity contribution in [1.82, 2.24) is 19.8 Å². The first-order valence-electron chi connectivity index (χ1n) is 8.45. The number of aliphatic hydroxyl groups excluding tert-OH is 1. The second kappa shape index (κ2) is 8.62. The molecule has 0 unspecified atom stereocenters. The number of aromatic nitrogens is 2. The van der Waals surface area contributed by atoms with E-state index in [0.29, 0.717) is 16.5 Å². The van der Waals surface area contributed by atoms with Crippen LogP contribution in [0, 0.1) is 0 Å². The van der Waals surface area contributed by atoms with E-state index in [-0.39, 0.29) is 6.61 Å². The van der Waals surface area contributed by atoms with Gasteiger partial charge in [0.25, 0.3) is 0 Å². The molecule has 1 aromatic carbocycles. The predicted octanol–water partition coefficient (Wildman–Crippen LogP) is 2.18. The van der Waals surface area contributed by atoms with Gasteiger partial charge >= 0.3 is 0 Å². The average Bonchev–Trinajstić information content (AvgIpc) is 2.65. The highest BCUT2D eigenvalue weighted by atomic mass is 32.2. The SMILES string of the molecule is CSc1ncc(CO)c(Nc2ccc(CN3CCN(C)CC3)cc2)n1. The fourth-order valence-corrected chi connectivity index (χ4v) is 3.15. The lowest BCUT2D eigenvalue weighted by Gasteiger charge is -2.32. The van der Waals surface area contributed by atoms with Crippen molar-refractivity contribution in [2.75, 3.05) is 44.8 Å². The fourth-order valence-electron chi connectivity index (χ4n) is 2.81. The van der Waals surface area contributed by atoms with E-state index < -0.39 is 0 Å². The average molecular weight is 359 g/mol. The van der Waals surface area contributed by atoms with Crippen molar-refractivity contribution in [2.24, 2.45) is 0 Å². The number of nitrogens with one attached hydrogen (secondary N) is 1. The molecule has 2 aromatic rings. The minimum atomic E-state index is -0.0848. The van der Waals surface area contributed by atoms with Gasteiger partial charge in [0.05, 0.1) is 6.61 Å². The number of anilines is 2. The third kappa shape index (κ3) is 4.92. The van der Waals surface area contributed by atoms with E-state index in [2.05, 4.69) is 56.4 Å². The number of nitrogens with zero attached hydrogens (tertiary/aromatic N) is 4. The van der Waals surface area contributed by atoms with E-state index in [4.69, 9.17) is 0 Å². The number of hydrogen-bond donors (Lipinski definition) is 2. The van der Waals surface area contributed by atoms with Gasteiger partial charge in [0.2, 0.25) is 0 Å². The maximum atomic E-state index is 9.47. The van der Waals surface area contributed by atoms with E-state index in [1.807, 2.05) is 6.26 Å². The second-order valence-electron chi connectivity index (χ2n) is 6.29. The van der Waals surface area contributed by atoms with Crippen molar-refractivity contribution in [1.29, 1.82) is 0 Å². The van der Waals surface area contributed by atoms with E-state index in [0.717, 1.165) is 38.4 Å². The summed E-state index contributed by atoms with van der Waals surface area (Å²) < 4.78 is 0. The fraction of sp³-hybridized carbons (Fsp3) is 0.444. The van der Waals surface area contributed by atoms with Gasteiger partial charge in [-0.1, -0.05) is 23.9 Å². The Kier molecular flexibility index (Phi) is 6.25. The smallest absolute Gasteiger partial charge is 0.189 e. The molecule has 3 rings (SSSR count). The molecule has 0 spiro atoms. The van der Waals surface area contributed by atoms with Crippen LogP contribution in [-0.4, -0.2) is 64.4 Å². The van der Waals surface area contributed by atoms with Crippen LogP contribution in [0.25, 0.3) is 0 Å². The maximum Gasteiger partial charge on any atom is 0.189 e. The lowest BCUT2D eigenvalue weighted by atomic mass is 10.1. The van der Waals surface area contributed by atoms with Crippen LogP contribution in [0.4, 0.5) is 11.5 Å². The van der Waals surface area contributed by atoms with E-state index in [1.54, 1.807) is 6.20 Å². The molecule has 0 saturated carbocycles. The van der Waals surface area contributed by atoms with Gasteiger partial charge in [0.1, 0.15) is 5.82 Å². The van der Waals surface area contributed by atoms with E-state index in [1.165, 1.54) is 17.3 Å². The zero-order valence-corrected chi connectivity index (χ0v) is 15.6. The normalized spacial score (nSPS) is 16.1. The highest BCUT2D eigenvalue weighted by molar-refractivity contribution is 7.98. The Morgan fingerprint density at radius 1 is 1.16 bits per heavy atom. The van der Waals surface area contributed by atoms with Crippen LogP contribution in [0.15, 0.2) is 35.6 Å². The molecule has 0 atom stereocenters. The third-order valence-electron chi connectivity index (χ3n) is 4.41. The number of likely N-dealkylation sites (N-methyl/N-ethyl adjacent to an activating group) is 1. The number of thioether (sulfide) groups is 1. The molecule has 2 N–H and O–H groups in total. The lowest BCUT2D eigenvalue weighted by Crippen LogP contribution is -2.43. The summed E-state index contributed by atoms with van der Waals surface area (Å²) in [5, 5.41) is 13.4. The summed E-state index contributed by atoms with van der Waals surface area (Å²) in [5.41, 5.74) is 2.96. The molecule has 134 valence electrons. The molecule has 1 aliphatic rings. The molecular weight excluding hydrogens is 334 g/mol. The van der Waals surface area contributed by atoms with Crippen LogP contribution in [0.3, 0.4) is 0 Å². The van der Waals surface area contributed by atoms with E-state index in [9.17, 15) is 5.11 Å². The molecule has 6 nitrogen and oxygen atoms in total. The first kappa shape index (κ1) is 18.1. The van der Waals surface area contributed by atoms with E-state index >= 15 is 0 Å². The summed E-state index contributed by atoms with van der Waals surface area (Å²) in [6.45, 7) is 5.41. The lowest BCUT2D eigenvalue weighted by molar-refractivity contribution is 0.148. The van der Waals surface area contributed by atoms with Crippen LogP contribution in [-0.2, 0) is 13.2 Å². The quantitative estimate of drug-likeness (QED) is 0.605. The molecule has 0 amide bonds. The Balaban J connectivity index is 1.64. The largest absolute Gasteiger partial charge is 0.391 e. The Morgan fingerprint density at radius 3 is 2.52 bits per heavy atom.